The first-order valence-electron chi connectivity index (χ1n) is 5.79. The van der Waals surface area contributed by atoms with Crippen LogP contribution in [0.4, 0.5) is 5.82 Å². The largest absolute Gasteiger partial charge is 0.383 e. The zero-order chi connectivity index (χ0) is 12.6. The second kappa shape index (κ2) is 3.91. The van der Waals surface area contributed by atoms with Gasteiger partial charge < -0.3 is 5.73 Å². The third-order valence-corrected chi connectivity index (χ3v) is 2.86. The Labute approximate surface area is 102 Å². The van der Waals surface area contributed by atoms with Gasteiger partial charge in [0.15, 0.2) is 0 Å². The van der Waals surface area contributed by atoms with E-state index in [1.165, 1.54) is 0 Å². The van der Waals surface area contributed by atoms with Gasteiger partial charge in [0, 0.05) is 18.0 Å². The summed E-state index contributed by atoms with van der Waals surface area (Å²) < 4.78 is 1.75. The number of aromatic nitrogens is 2. The number of nitrogens with zero attached hydrogens (tertiary/aromatic N) is 2. The lowest BCUT2D eigenvalue weighted by Gasteiger charge is -2.17. The molecule has 2 rings (SSSR count). The van der Waals surface area contributed by atoms with Gasteiger partial charge in [-0.1, -0.05) is 51.1 Å². The zero-order valence-corrected chi connectivity index (χ0v) is 10.9. The summed E-state index contributed by atoms with van der Waals surface area (Å²) in [7, 11) is 1.89. The molecule has 0 saturated carbocycles. The van der Waals surface area contributed by atoms with Crippen molar-refractivity contribution in [2.24, 2.45) is 7.05 Å². The monoisotopic (exact) mass is 229 g/mol. The maximum Gasteiger partial charge on any atom is 0.129 e. The molecule has 3 nitrogen and oxygen atoms in total. The van der Waals surface area contributed by atoms with Crippen molar-refractivity contribution in [2.75, 3.05) is 5.73 Å². The summed E-state index contributed by atoms with van der Waals surface area (Å²) in [6.45, 7) is 6.46. The molecule has 0 bridgehead atoms. The summed E-state index contributed by atoms with van der Waals surface area (Å²) in [5, 5.41) is 4.55. The Morgan fingerprint density at radius 3 is 2.24 bits per heavy atom. The number of benzene rings is 1. The molecule has 0 atom stereocenters. The highest BCUT2D eigenvalue weighted by molar-refractivity contribution is 5.77. The summed E-state index contributed by atoms with van der Waals surface area (Å²) in [5.74, 6) is 0.723. The van der Waals surface area contributed by atoms with Gasteiger partial charge in [-0.3, -0.25) is 4.68 Å². The molecule has 0 amide bonds. The van der Waals surface area contributed by atoms with E-state index < -0.39 is 0 Å². The predicted octanol–water partition coefficient (Wildman–Crippen LogP) is 2.97. The van der Waals surface area contributed by atoms with E-state index in [-0.39, 0.29) is 5.41 Å². The van der Waals surface area contributed by atoms with Gasteiger partial charge in [0.1, 0.15) is 5.82 Å². The third-order valence-electron chi connectivity index (χ3n) is 2.86. The number of nitrogens with two attached hydrogens (primary N) is 1. The SMILES string of the molecule is Cn1nc(C(C)(C)C)c(-c2ccccc2)c1N. The first kappa shape index (κ1) is 11.7. The highest BCUT2D eigenvalue weighted by Crippen LogP contribution is 2.35. The summed E-state index contributed by atoms with van der Waals surface area (Å²) in [4.78, 5) is 0. The molecule has 90 valence electrons. The van der Waals surface area contributed by atoms with Gasteiger partial charge in [-0.25, -0.2) is 0 Å². The summed E-state index contributed by atoms with van der Waals surface area (Å²) in [6, 6.07) is 10.2. The smallest absolute Gasteiger partial charge is 0.129 e. The van der Waals surface area contributed by atoms with E-state index in [1.807, 2.05) is 25.2 Å². The molecule has 0 saturated heterocycles. The topological polar surface area (TPSA) is 43.8 Å². The van der Waals surface area contributed by atoms with Gasteiger partial charge in [-0.15, -0.1) is 0 Å². The van der Waals surface area contributed by atoms with E-state index in [2.05, 4.69) is 38.0 Å². The van der Waals surface area contributed by atoms with Crippen LogP contribution in [0.15, 0.2) is 30.3 Å². The first-order valence-corrected chi connectivity index (χ1v) is 5.79. The average molecular weight is 229 g/mol. The van der Waals surface area contributed by atoms with Crippen molar-refractivity contribution in [3.05, 3.63) is 36.0 Å². The van der Waals surface area contributed by atoms with Crippen molar-refractivity contribution in [1.29, 1.82) is 0 Å². The molecule has 0 radical (unpaired) electrons. The third kappa shape index (κ3) is 2.05. The fourth-order valence-corrected chi connectivity index (χ4v) is 1.95. The number of nitrogen functional groups attached to an aromatic ring is 1. The Hall–Kier alpha value is -1.77. The summed E-state index contributed by atoms with van der Waals surface area (Å²) >= 11 is 0. The molecule has 1 heterocycles. The molecule has 3 heteroatoms. The molecule has 0 fully saturated rings. The Morgan fingerprint density at radius 1 is 1.12 bits per heavy atom. The normalized spacial score (nSPS) is 11.8. The van der Waals surface area contributed by atoms with Crippen LogP contribution in [0.25, 0.3) is 11.1 Å². The predicted molar refractivity (Wildman–Crippen MR) is 71.8 cm³/mol. The van der Waals surface area contributed by atoms with Crippen molar-refractivity contribution < 1.29 is 0 Å². The van der Waals surface area contributed by atoms with Crippen LogP contribution in [0, 0.1) is 0 Å². The van der Waals surface area contributed by atoms with Crippen molar-refractivity contribution in [3.63, 3.8) is 0 Å². The van der Waals surface area contributed by atoms with E-state index in [0.717, 1.165) is 22.6 Å². The quantitative estimate of drug-likeness (QED) is 0.817. The Kier molecular flexibility index (Phi) is 2.69. The minimum atomic E-state index is -0.0133. The fourth-order valence-electron chi connectivity index (χ4n) is 1.95. The molecule has 0 aliphatic heterocycles. The molecule has 0 spiro atoms. The minimum Gasteiger partial charge on any atom is -0.383 e. The second-order valence-electron chi connectivity index (χ2n) is 5.35. The lowest BCUT2D eigenvalue weighted by molar-refractivity contribution is 0.555. The van der Waals surface area contributed by atoms with Crippen molar-refractivity contribution >= 4 is 5.82 Å². The summed E-state index contributed by atoms with van der Waals surface area (Å²) in [5.41, 5.74) is 9.35. The van der Waals surface area contributed by atoms with Crippen LogP contribution in [0.3, 0.4) is 0 Å². The lowest BCUT2D eigenvalue weighted by Crippen LogP contribution is -2.13. The highest BCUT2D eigenvalue weighted by Gasteiger charge is 2.25. The molecule has 0 aliphatic rings. The maximum atomic E-state index is 6.13. The standard InChI is InChI=1S/C14H19N3/c1-14(2,3)12-11(13(15)17(4)16-12)10-8-6-5-7-9-10/h5-9H,15H2,1-4H3. The van der Waals surface area contributed by atoms with E-state index in [1.54, 1.807) is 4.68 Å². The molecule has 2 N–H and O–H groups in total. The van der Waals surface area contributed by atoms with E-state index in [9.17, 15) is 0 Å². The van der Waals surface area contributed by atoms with Crippen LogP contribution in [0.5, 0.6) is 0 Å². The summed E-state index contributed by atoms with van der Waals surface area (Å²) in [6.07, 6.45) is 0. The van der Waals surface area contributed by atoms with E-state index in [4.69, 9.17) is 5.73 Å². The van der Waals surface area contributed by atoms with Crippen LogP contribution in [-0.2, 0) is 12.5 Å². The van der Waals surface area contributed by atoms with E-state index in [0.29, 0.717) is 0 Å². The molecule has 0 aliphatic carbocycles. The molecule has 2 aromatic rings. The van der Waals surface area contributed by atoms with Crippen molar-refractivity contribution in [1.82, 2.24) is 9.78 Å². The van der Waals surface area contributed by atoms with Gasteiger partial charge in [-0.2, -0.15) is 5.10 Å². The zero-order valence-electron chi connectivity index (χ0n) is 10.9. The highest BCUT2D eigenvalue weighted by atomic mass is 15.3. The molecule has 1 aromatic carbocycles. The fraction of sp³-hybridized carbons (Fsp3) is 0.357. The number of rotatable bonds is 1. The van der Waals surface area contributed by atoms with Crippen LogP contribution >= 0.6 is 0 Å². The first-order chi connectivity index (χ1) is 7.91. The maximum absolute atomic E-state index is 6.13. The Bertz CT molecular complexity index is 518. The van der Waals surface area contributed by atoms with Crippen molar-refractivity contribution in [2.45, 2.75) is 26.2 Å². The van der Waals surface area contributed by atoms with Gasteiger partial charge >= 0.3 is 0 Å². The number of anilines is 1. The number of hydrogen-bond donors (Lipinski definition) is 1. The Balaban J connectivity index is 2.69. The van der Waals surface area contributed by atoms with Crippen LogP contribution < -0.4 is 5.73 Å². The van der Waals surface area contributed by atoms with Gasteiger partial charge in [-0.05, 0) is 5.56 Å². The number of hydrogen-bond acceptors (Lipinski definition) is 2. The molecular formula is C14H19N3. The van der Waals surface area contributed by atoms with Crippen molar-refractivity contribution in [3.8, 4) is 11.1 Å². The molecule has 17 heavy (non-hydrogen) atoms. The number of aryl methyl sites for hydroxylation is 1. The second-order valence-corrected chi connectivity index (χ2v) is 5.35. The van der Waals surface area contributed by atoms with Crippen LogP contribution in [0.1, 0.15) is 26.5 Å². The van der Waals surface area contributed by atoms with Gasteiger partial charge in [0.2, 0.25) is 0 Å². The van der Waals surface area contributed by atoms with Crippen LogP contribution in [0.2, 0.25) is 0 Å². The lowest BCUT2D eigenvalue weighted by atomic mass is 9.87. The van der Waals surface area contributed by atoms with Crippen LogP contribution in [-0.4, -0.2) is 9.78 Å². The molecule has 0 unspecified atom stereocenters. The average Bonchev–Trinajstić information content (AvgIpc) is 2.57. The molecule has 1 aromatic heterocycles. The van der Waals surface area contributed by atoms with E-state index >= 15 is 0 Å². The molecular weight excluding hydrogens is 210 g/mol. The van der Waals surface area contributed by atoms with Gasteiger partial charge in [0.05, 0.1) is 5.69 Å². The Morgan fingerprint density at radius 2 is 1.71 bits per heavy atom. The van der Waals surface area contributed by atoms with Gasteiger partial charge in [0.25, 0.3) is 0 Å². The minimum absolute atomic E-state index is 0.0133.